The first-order valence-corrected chi connectivity index (χ1v) is 7.09. The highest BCUT2D eigenvalue weighted by atomic mass is 19.4. The number of hydrogen-bond acceptors (Lipinski definition) is 4. The topological polar surface area (TPSA) is 73.8 Å². The Labute approximate surface area is 134 Å². The highest BCUT2D eigenvalue weighted by Crippen LogP contribution is 2.33. The molecule has 0 aliphatic rings. The number of hydrogen-bond donors (Lipinski definition) is 1. The van der Waals surface area contributed by atoms with Crippen LogP contribution in [0.25, 0.3) is 16.6 Å². The van der Waals surface area contributed by atoms with Gasteiger partial charge < -0.3 is 5.73 Å². The number of rotatable bonds is 2. The van der Waals surface area contributed by atoms with Crippen molar-refractivity contribution in [2.24, 2.45) is 5.73 Å². The van der Waals surface area contributed by atoms with Gasteiger partial charge in [0.2, 0.25) is 0 Å². The lowest BCUT2D eigenvalue weighted by Crippen LogP contribution is -2.29. The van der Waals surface area contributed by atoms with Gasteiger partial charge in [-0.15, -0.1) is 0 Å². The summed E-state index contributed by atoms with van der Waals surface area (Å²) in [5.74, 6) is 0.167. The Balaban J connectivity index is 2.49. The lowest BCUT2D eigenvalue weighted by atomic mass is 10.1. The molecule has 2 heterocycles. The number of nitrogens with two attached hydrogens (primary N) is 1. The zero-order chi connectivity index (χ0) is 17.5. The van der Waals surface area contributed by atoms with E-state index >= 15 is 0 Å². The first-order valence-electron chi connectivity index (χ1n) is 7.09. The minimum Gasteiger partial charge on any atom is -0.322 e. The van der Waals surface area contributed by atoms with E-state index in [1.807, 2.05) is 0 Å². The van der Waals surface area contributed by atoms with Gasteiger partial charge in [0.1, 0.15) is 5.82 Å². The molecule has 2 aromatic heterocycles. The standard InChI is InChI=1S/C16H13F3N4O/c1-9(20)14-22-12-6-2-5-11(16(17,18)19)13(12)15(24)23(14)10-4-3-7-21-8-10/h2-9H,20H2,1H3/t9-/m0/s1. The molecule has 0 fully saturated rings. The Morgan fingerprint density at radius 2 is 1.96 bits per heavy atom. The van der Waals surface area contributed by atoms with Gasteiger partial charge in [-0.05, 0) is 31.2 Å². The summed E-state index contributed by atoms with van der Waals surface area (Å²) in [5, 5.41) is -0.488. The zero-order valence-electron chi connectivity index (χ0n) is 12.6. The maximum Gasteiger partial charge on any atom is 0.417 e. The summed E-state index contributed by atoms with van der Waals surface area (Å²) in [6.45, 7) is 1.61. The minimum absolute atomic E-state index is 0.0396. The molecule has 0 bridgehead atoms. The van der Waals surface area contributed by atoms with Gasteiger partial charge in [0.05, 0.1) is 34.4 Å². The van der Waals surface area contributed by atoms with Crippen LogP contribution in [0.5, 0.6) is 0 Å². The third-order valence-electron chi connectivity index (χ3n) is 3.54. The number of pyridine rings is 1. The van der Waals surface area contributed by atoms with Crippen molar-refractivity contribution < 1.29 is 13.2 Å². The molecule has 0 saturated carbocycles. The van der Waals surface area contributed by atoms with E-state index in [9.17, 15) is 18.0 Å². The molecule has 0 amide bonds. The van der Waals surface area contributed by atoms with Gasteiger partial charge in [0.15, 0.2) is 0 Å². The summed E-state index contributed by atoms with van der Waals surface area (Å²) in [7, 11) is 0. The van der Waals surface area contributed by atoms with E-state index < -0.39 is 28.7 Å². The smallest absolute Gasteiger partial charge is 0.322 e. The molecule has 0 unspecified atom stereocenters. The molecule has 1 aromatic carbocycles. The van der Waals surface area contributed by atoms with Crippen LogP contribution in [-0.4, -0.2) is 14.5 Å². The van der Waals surface area contributed by atoms with E-state index in [-0.39, 0.29) is 11.3 Å². The van der Waals surface area contributed by atoms with E-state index in [2.05, 4.69) is 9.97 Å². The second-order valence-electron chi connectivity index (χ2n) is 5.31. The fraction of sp³-hybridized carbons (Fsp3) is 0.188. The lowest BCUT2D eigenvalue weighted by Gasteiger charge is -2.17. The van der Waals surface area contributed by atoms with Gasteiger partial charge in [-0.2, -0.15) is 13.2 Å². The number of halogens is 3. The fourth-order valence-corrected chi connectivity index (χ4v) is 2.52. The molecule has 0 aliphatic heterocycles. The number of alkyl halides is 3. The van der Waals surface area contributed by atoms with Crippen LogP contribution in [-0.2, 0) is 6.18 Å². The summed E-state index contributed by atoms with van der Waals surface area (Å²) in [5.41, 5.74) is 4.29. The molecule has 3 rings (SSSR count). The van der Waals surface area contributed by atoms with Crippen molar-refractivity contribution in [2.45, 2.75) is 19.1 Å². The van der Waals surface area contributed by atoms with Gasteiger partial charge in [-0.3, -0.25) is 14.3 Å². The van der Waals surface area contributed by atoms with Gasteiger partial charge >= 0.3 is 6.18 Å². The average Bonchev–Trinajstić information content (AvgIpc) is 2.54. The largest absolute Gasteiger partial charge is 0.417 e. The van der Waals surface area contributed by atoms with E-state index in [4.69, 9.17) is 5.73 Å². The molecule has 0 radical (unpaired) electrons. The monoisotopic (exact) mass is 334 g/mol. The molecular weight excluding hydrogens is 321 g/mol. The number of nitrogens with zero attached hydrogens (tertiary/aromatic N) is 3. The molecule has 24 heavy (non-hydrogen) atoms. The highest BCUT2D eigenvalue weighted by molar-refractivity contribution is 5.82. The third kappa shape index (κ3) is 2.65. The SMILES string of the molecule is C[C@H](N)c1nc2cccc(C(F)(F)F)c2c(=O)n1-c1cccnc1. The number of aromatic nitrogens is 3. The molecule has 5 nitrogen and oxygen atoms in total. The van der Waals surface area contributed by atoms with E-state index in [1.54, 1.807) is 19.1 Å². The maximum absolute atomic E-state index is 13.3. The highest BCUT2D eigenvalue weighted by Gasteiger charge is 2.34. The van der Waals surface area contributed by atoms with Crippen molar-refractivity contribution in [1.82, 2.24) is 14.5 Å². The van der Waals surface area contributed by atoms with Crippen molar-refractivity contribution in [3.8, 4) is 5.69 Å². The maximum atomic E-state index is 13.3. The van der Waals surface area contributed by atoms with Crippen LogP contribution in [0, 0.1) is 0 Å². The fourth-order valence-electron chi connectivity index (χ4n) is 2.52. The third-order valence-corrected chi connectivity index (χ3v) is 3.54. The van der Waals surface area contributed by atoms with Crippen LogP contribution in [0.15, 0.2) is 47.5 Å². The van der Waals surface area contributed by atoms with Gasteiger partial charge in [0, 0.05) is 6.20 Å². The average molecular weight is 334 g/mol. The zero-order valence-corrected chi connectivity index (χ0v) is 12.6. The van der Waals surface area contributed by atoms with Crippen LogP contribution in [0.4, 0.5) is 13.2 Å². The van der Waals surface area contributed by atoms with Crippen LogP contribution >= 0.6 is 0 Å². The predicted molar refractivity (Wildman–Crippen MR) is 82.7 cm³/mol. The first kappa shape index (κ1) is 16.1. The summed E-state index contributed by atoms with van der Waals surface area (Å²) in [6, 6.07) is 5.93. The summed E-state index contributed by atoms with van der Waals surface area (Å²) in [4.78, 5) is 21.0. The number of fused-ring (bicyclic) bond motifs is 1. The second-order valence-corrected chi connectivity index (χ2v) is 5.31. The van der Waals surface area contributed by atoms with Crippen molar-refractivity contribution in [3.63, 3.8) is 0 Å². The molecule has 8 heteroatoms. The van der Waals surface area contributed by atoms with Crippen LogP contribution in [0.2, 0.25) is 0 Å². The van der Waals surface area contributed by atoms with Gasteiger partial charge in [-0.1, -0.05) is 6.07 Å². The van der Waals surface area contributed by atoms with Crippen molar-refractivity contribution >= 4 is 10.9 Å². The quantitative estimate of drug-likeness (QED) is 0.782. The Morgan fingerprint density at radius 3 is 2.54 bits per heavy atom. The van der Waals surface area contributed by atoms with Gasteiger partial charge in [-0.25, -0.2) is 4.98 Å². The minimum atomic E-state index is -4.66. The molecule has 1 atom stereocenters. The van der Waals surface area contributed by atoms with Crippen molar-refractivity contribution in [3.05, 3.63) is 64.5 Å². The summed E-state index contributed by atoms with van der Waals surface area (Å²) >= 11 is 0. The van der Waals surface area contributed by atoms with Crippen LogP contribution in [0.3, 0.4) is 0 Å². The lowest BCUT2D eigenvalue weighted by molar-refractivity contribution is -0.136. The Bertz CT molecular complexity index is 949. The van der Waals surface area contributed by atoms with Crippen molar-refractivity contribution in [2.75, 3.05) is 0 Å². The normalized spacial score (nSPS) is 13.2. The predicted octanol–water partition coefficient (Wildman–Crippen LogP) is 2.82. The second kappa shape index (κ2) is 5.72. The molecule has 0 spiro atoms. The molecular formula is C16H13F3N4O. The Kier molecular flexibility index (Phi) is 3.84. The summed E-state index contributed by atoms with van der Waals surface area (Å²) in [6.07, 6.45) is -1.80. The Morgan fingerprint density at radius 1 is 1.21 bits per heavy atom. The molecule has 2 N–H and O–H groups in total. The molecule has 0 aliphatic carbocycles. The molecule has 0 saturated heterocycles. The van der Waals surface area contributed by atoms with Gasteiger partial charge in [0.25, 0.3) is 5.56 Å². The van der Waals surface area contributed by atoms with E-state index in [0.717, 1.165) is 10.6 Å². The van der Waals surface area contributed by atoms with Crippen LogP contribution in [0.1, 0.15) is 24.4 Å². The van der Waals surface area contributed by atoms with Crippen LogP contribution < -0.4 is 11.3 Å². The number of benzene rings is 1. The molecule has 124 valence electrons. The first-order chi connectivity index (χ1) is 11.3. The van der Waals surface area contributed by atoms with E-state index in [1.165, 1.54) is 24.5 Å². The summed E-state index contributed by atoms with van der Waals surface area (Å²) < 4.78 is 40.9. The molecule has 3 aromatic rings. The Hall–Kier alpha value is -2.74. The van der Waals surface area contributed by atoms with E-state index in [0.29, 0.717) is 5.69 Å². The van der Waals surface area contributed by atoms with Crippen molar-refractivity contribution in [1.29, 1.82) is 0 Å².